The van der Waals surface area contributed by atoms with Crippen molar-refractivity contribution < 1.29 is 9.53 Å². The fraction of sp³-hybridized carbons (Fsp3) is 0.533. The maximum Gasteiger partial charge on any atom is 0.338 e. The van der Waals surface area contributed by atoms with Crippen molar-refractivity contribution in [1.29, 1.82) is 0 Å². The summed E-state index contributed by atoms with van der Waals surface area (Å²) in [5.41, 5.74) is 6.58. The molecule has 3 nitrogen and oxygen atoms in total. The van der Waals surface area contributed by atoms with E-state index in [0.717, 1.165) is 19.3 Å². The second-order valence-corrected chi connectivity index (χ2v) is 6.00. The van der Waals surface area contributed by atoms with Gasteiger partial charge in [-0.05, 0) is 49.3 Å². The third-order valence-electron chi connectivity index (χ3n) is 3.98. The second-order valence-electron chi connectivity index (χ2n) is 5.57. The van der Waals surface area contributed by atoms with Crippen molar-refractivity contribution in [3.63, 3.8) is 0 Å². The molecule has 4 heteroatoms. The van der Waals surface area contributed by atoms with Gasteiger partial charge in [0, 0.05) is 10.7 Å². The normalized spacial score (nSPS) is 27.0. The SMILES string of the molecule is CC1CCC(OC(=O)c2cc(N)cc(Cl)c2)CC1C. The van der Waals surface area contributed by atoms with E-state index in [4.69, 9.17) is 22.1 Å². The molecule has 0 bridgehead atoms. The molecule has 1 aromatic carbocycles. The van der Waals surface area contributed by atoms with Crippen molar-refractivity contribution >= 4 is 23.3 Å². The first-order valence-electron chi connectivity index (χ1n) is 6.72. The number of esters is 1. The van der Waals surface area contributed by atoms with Gasteiger partial charge in [0.15, 0.2) is 0 Å². The molecule has 0 aromatic heterocycles. The molecule has 1 fully saturated rings. The number of carbonyl (C=O) groups is 1. The topological polar surface area (TPSA) is 52.3 Å². The number of rotatable bonds is 2. The molecule has 1 aliphatic carbocycles. The highest BCUT2D eigenvalue weighted by Gasteiger charge is 2.27. The van der Waals surface area contributed by atoms with E-state index in [0.29, 0.717) is 28.1 Å². The Morgan fingerprint density at radius 3 is 2.63 bits per heavy atom. The second kappa shape index (κ2) is 5.83. The van der Waals surface area contributed by atoms with E-state index in [1.807, 2.05) is 0 Å². The van der Waals surface area contributed by atoms with Gasteiger partial charge in [0.2, 0.25) is 0 Å². The van der Waals surface area contributed by atoms with Crippen molar-refractivity contribution in [3.05, 3.63) is 28.8 Å². The summed E-state index contributed by atoms with van der Waals surface area (Å²) >= 11 is 5.89. The first kappa shape index (κ1) is 14.2. The molecule has 104 valence electrons. The summed E-state index contributed by atoms with van der Waals surface area (Å²) in [5, 5.41) is 0.456. The minimum Gasteiger partial charge on any atom is -0.459 e. The minimum absolute atomic E-state index is 0.0129. The Kier molecular flexibility index (Phi) is 4.35. The number of ether oxygens (including phenoxy) is 1. The number of hydrogen-bond donors (Lipinski definition) is 1. The number of carbonyl (C=O) groups excluding carboxylic acids is 1. The van der Waals surface area contributed by atoms with Crippen LogP contribution >= 0.6 is 11.6 Å². The van der Waals surface area contributed by atoms with E-state index in [2.05, 4.69) is 13.8 Å². The molecule has 0 radical (unpaired) electrons. The van der Waals surface area contributed by atoms with Gasteiger partial charge < -0.3 is 10.5 Å². The Morgan fingerprint density at radius 2 is 2.00 bits per heavy atom. The molecule has 2 rings (SSSR count). The van der Waals surface area contributed by atoms with E-state index in [1.54, 1.807) is 18.2 Å². The highest BCUT2D eigenvalue weighted by molar-refractivity contribution is 6.31. The zero-order valence-corrected chi connectivity index (χ0v) is 12.1. The van der Waals surface area contributed by atoms with Crippen LogP contribution in [0.15, 0.2) is 18.2 Å². The van der Waals surface area contributed by atoms with Crippen LogP contribution < -0.4 is 5.73 Å². The zero-order valence-electron chi connectivity index (χ0n) is 11.4. The largest absolute Gasteiger partial charge is 0.459 e. The van der Waals surface area contributed by atoms with Crippen molar-refractivity contribution in [3.8, 4) is 0 Å². The van der Waals surface area contributed by atoms with Crippen LogP contribution in [0.2, 0.25) is 5.02 Å². The molecule has 1 aromatic rings. The van der Waals surface area contributed by atoms with Crippen LogP contribution in [0, 0.1) is 11.8 Å². The Hall–Kier alpha value is -1.22. The lowest BCUT2D eigenvalue weighted by Crippen LogP contribution is -2.28. The molecule has 0 amide bonds. The third-order valence-corrected chi connectivity index (χ3v) is 4.20. The molecule has 2 N–H and O–H groups in total. The molecule has 3 unspecified atom stereocenters. The van der Waals surface area contributed by atoms with Gasteiger partial charge in [-0.1, -0.05) is 25.4 Å². The van der Waals surface area contributed by atoms with Gasteiger partial charge in [-0.3, -0.25) is 0 Å². The lowest BCUT2D eigenvalue weighted by molar-refractivity contribution is 0.00879. The van der Waals surface area contributed by atoms with E-state index in [9.17, 15) is 4.79 Å². The van der Waals surface area contributed by atoms with Crippen molar-refractivity contribution in [2.45, 2.75) is 39.2 Å². The van der Waals surface area contributed by atoms with E-state index in [-0.39, 0.29) is 12.1 Å². The summed E-state index contributed by atoms with van der Waals surface area (Å²) in [6.45, 7) is 4.46. The molecular formula is C15H20ClNO2. The molecule has 1 aliphatic rings. The molecule has 3 atom stereocenters. The molecule has 0 heterocycles. The Balaban J connectivity index is 2.01. The maximum atomic E-state index is 12.1. The summed E-state index contributed by atoms with van der Waals surface area (Å²) in [5.74, 6) is 0.966. The molecule has 0 saturated heterocycles. The minimum atomic E-state index is -0.332. The van der Waals surface area contributed by atoms with Gasteiger partial charge in [0.05, 0.1) is 5.56 Å². The number of nitrogen functional groups attached to an aromatic ring is 1. The quantitative estimate of drug-likeness (QED) is 0.661. The van der Waals surface area contributed by atoms with Crippen LogP contribution in [0.5, 0.6) is 0 Å². The van der Waals surface area contributed by atoms with Crippen LogP contribution in [0.25, 0.3) is 0 Å². The van der Waals surface area contributed by atoms with Gasteiger partial charge in [-0.25, -0.2) is 4.79 Å². The zero-order chi connectivity index (χ0) is 14.0. The molecule has 19 heavy (non-hydrogen) atoms. The van der Waals surface area contributed by atoms with Crippen LogP contribution in [-0.4, -0.2) is 12.1 Å². The summed E-state index contributed by atoms with van der Waals surface area (Å²) in [7, 11) is 0. The maximum absolute atomic E-state index is 12.1. The third kappa shape index (κ3) is 3.63. The number of anilines is 1. The molecule has 1 saturated carbocycles. The number of benzene rings is 1. The number of nitrogens with two attached hydrogens (primary N) is 1. The monoisotopic (exact) mass is 281 g/mol. The van der Waals surface area contributed by atoms with E-state index < -0.39 is 0 Å². The van der Waals surface area contributed by atoms with Crippen molar-refractivity contribution in [2.75, 3.05) is 5.73 Å². The summed E-state index contributed by atoms with van der Waals surface area (Å²) in [6.07, 6.45) is 2.99. The molecule has 0 spiro atoms. The standard InChI is InChI=1S/C15H20ClNO2/c1-9-3-4-14(5-10(9)2)19-15(18)11-6-12(16)8-13(17)7-11/h6-10,14H,3-5,17H2,1-2H3. The summed E-state index contributed by atoms with van der Waals surface area (Å²) < 4.78 is 5.55. The average molecular weight is 282 g/mol. The highest BCUT2D eigenvalue weighted by Crippen LogP contribution is 2.31. The molecular weight excluding hydrogens is 262 g/mol. The highest BCUT2D eigenvalue weighted by atomic mass is 35.5. The van der Waals surface area contributed by atoms with Crippen LogP contribution in [0.3, 0.4) is 0 Å². The predicted octanol–water partition coefficient (Wildman–Crippen LogP) is 3.90. The van der Waals surface area contributed by atoms with Gasteiger partial charge in [0.1, 0.15) is 6.10 Å². The number of hydrogen-bond acceptors (Lipinski definition) is 3. The fourth-order valence-corrected chi connectivity index (χ4v) is 2.80. The average Bonchev–Trinajstić information content (AvgIpc) is 2.32. The Labute approximate surface area is 119 Å². The predicted molar refractivity (Wildman–Crippen MR) is 77.2 cm³/mol. The van der Waals surface area contributed by atoms with E-state index >= 15 is 0 Å². The lowest BCUT2D eigenvalue weighted by Gasteiger charge is -2.31. The van der Waals surface area contributed by atoms with Gasteiger partial charge in [-0.2, -0.15) is 0 Å². The van der Waals surface area contributed by atoms with Crippen LogP contribution in [0.1, 0.15) is 43.5 Å². The Bertz CT molecular complexity index is 455. The van der Waals surface area contributed by atoms with Crippen molar-refractivity contribution in [1.82, 2.24) is 0 Å². The summed E-state index contributed by atoms with van der Waals surface area (Å²) in [4.78, 5) is 12.1. The lowest BCUT2D eigenvalue weighted by atomic mass is 9.80. The van der Waals surface area contributed by atoms with Crippen LogP contribution in [-0.2, 0) is 4.74 Å². The Morgan fingerprint density at radius 1 is 1.26 bits per heavy atom. The van der Waals surface area contributed by atoms with Gasteiger partial charge in [0.25, 0.3) is 0 Å². The first-order chi connectivity index (χ1) is 8.95. The van der Waals surface area contributed by atoms with Gasteiger partial charge in [-0.15, -0.1) is 0 Å². The van der Waals surface area contributed by atoms with Gasteiger partial charge >= 0.3 is 5.97 Å². The summed E-state index contributed by atoms with van der Waals surface area (Å²) in [6, 6.07) is 4.81. The van der Waals surface area contributed by atoms with E-state index in [1.165, 1.54) is 0 Å². The fourth-order valence-electron chi connectivity index (χ4n) is 2.55. The smallest absolute Gasteiger partial charge is 0.338 e. The molecule has 0 aliphatic heterocycles. The number of halogens is 1. The van der Waals surface area contributed by atoms with Crippen LogP contribution in [0.4, 0.5) is 5.69 Å². The first-order valence-corrected chi connectivity index (χ1v) is 7.10. The van der Waals surface area contributed by atoms with Crippen molar-refractivity contribution in [2.24, 2.45) is 11.8 Å².